The Morgan fingerprint density at radius 2 is 1.63 bits per heavy atom. The molecule has 0 unspecified atom stereocenters. The van der Waals surface area contributed by atoms with Gasteiger partial charge in [0, 0.05) is 24.1 Å². The number of aryl methyl sites for hydroxylation is 2. The maximum atomic E-state index is 7.00. The van der Waals surface area contributed by atoms with Gasteiger partial charge >= 0.3 is 0 Å². The van der Waals surface area contributed by atoms with Gasteiger partial charge in [-0.3, -0.25) is 0 Å². The number of hydrogen-bond acceptors (Lipinski definition) is 6. The normalized spacial score (nSPS) is 9.57. The number of unbranched alkanes of at least 4 members (excludes halogenated alkanes) is 1. The molecule has 1 heterocycles. The first-order valence-electron chi connectivity index (χ1n) is 9.83. The number of rotatable bonds is 7. The summed E-state index contributed by atoms with van der Waals surface area (Å²) in [6, 6.07) is 14.5. The minimum Gasteiger partial charge on any atom is -0.497 e. The zero-order chi connectivity index (χ0) is 22.4. The first-order valence-corrected chi connectivity index (χ1v) is 10.7. The van der Waals surface area contributed by atoms with Gasteiger partial charge < -0.3 is 19.3 Å². The second-order valence-electron chi connectivity index (χ2n) is 6.36. The number of hydrogen-bond donors (Lipinski definition) is 1. The third-order valence-electron chi connectivity index (χ3n) is 4.38. The highest BCUT2D eigenvalue weighted by Gasteiger charge is 2.08. The average Bonchev–Trinajstić information content (AvgIpc) is 3.34. The van der Waals surface area contributed by atoms with E-state index in [1.165, 1.54) is 41.9 Å². The molecule has 0 saturated carbocycles. The highest BCUT2D eigenvalue weighted by atomic mass is 32.1. The average molecular weight is 432 g/mol. The molecule has 3 aromatic rings. The second kappa shape index (κ2) is 14.4. The van der Waals surface area contributed by atoms with Crippen molar-refractivity contribution in [1.29, 1.82) is 0 Å². The lowest BCUT2D eigenvalue weighted by molar-refractivity contribution is 0.347. The monoisotopic (exact) mass is 431 g/mol. The van der Waals surface area contributed by atoms with Gasteiger partial charge in [0.15, 0.2) is 11.5 Å². The van der Waals surface area contributed by atoms with Crippen LogP contribution in [-0.2, 0) is 6.42 Å². The molecule has 5 nitrogen and oxygen atoms in total. The van der Waals surface area contributed by atoms with E-state index >= 15 is 0 Å². The molecule has 0 aliphatic carbocycles. The summed E-state index contributed by atoms with van der Waals surface area (Å²) in [6.45, 7) is 4.17. The van der Waals surface area contributed by atoms with Crippen molar-refractivity contribution in [1.82, 2.24) is 4.37 Å². The molecule has 164 valence electrons. The Bertz CT molecular complexity index is 833. The van der Waals surface area contributed by atoms with E-state index in [-0.39, 0.29) is 0 Å². The molecule has 1 aromatic heterocycles. The summed E-state index contributed by atoms with van der Waals surface area (Å²) in [7, 11) is 5.86. The topological polar surface area (TPSA) is 60.8 Å². The van der Waals surface area contributed by atoms with Gasteiger partial charge in [0.2, 0.25) is 0 Å². The summed E-state index contributed by atoms with van der Waals surface area (Å²) in [5.41, 5.74) is 4.73. The molecule has 0 bridgehead atoms. The molecule has 3 rings (SSSR count). The van der Waals surface area contributed by atoms with E-state index in [2.05, 4.69) is 41.6 Å². The van der Waals surface area contributed by atoms with Gasteiger partial charge in [-0.25, -0.2) is 0 Å². The summed E-state index contributed by atoms with van der Waals surface area (Å²) in [5, 5.41) is 9.01. The van der Waals surface area contributed by atoms with Crippen LogP contribution in [-0.4, -0.2) is 37.9 Å². The number of aliphatic hydroxyl groups is 1. The van der Waals surface area contributed by atoms with Crippen molar-refractivity contribution in [2.24, 2.45) is 0 Å². The molecule has 2 aromatic carbocycles. The maximum Gasteiger partial charge on any atom is 0.164 e. The van der Waals surface area contributed by atoms with Gasteiger partial charge in [0.05, 0.1) is 27.0 Å². The Morgan fingerprint density at radius 3 is 2.13 bits per heavy atom. The van der Waals surface area contributed by atoms with Gasteiger partial charge in [-0.2, -0.15) is 4.37 Å². The van der Waals surface area contributed by atoms with Crippen molar-refractivity contribution < 1.29 is 19.3 Å². The molecule has 0 spiro atoms. The van der Waals surface area contributed by atoms with Gasteiger partial charge in [-0.1, -0.05) is 37.6 Å². The summed E-state index contributed by atoms with van der Waals surface area (Å²) >= 11 is 1.50. The Kier molecular flexibility index (Phi) is 12.2. The van der Waals surface area contributed by atoms with Crippen molar-refractivity contribution >= 4 is 11.5 Å². The molecule has 0 saturated heterocycles. The molecule has 0 radical (unpaired) electrons. The largest absolute Gasteiger partial charge is 0.497 e. The van der Waals surface area contributed by atoms with Crippen LogP contribution in [0, 0.1) is 6.92 Å². The maximum absolute atomic E-state index is 7.00. The quantitative estimate of drug-likeness (QED) is 0.514. The van der Waals surface area contributed by atoms with E-state index in [1.807, 2.05) is 18.4 Å². The molecule has 0 aliphatic heterocycles. The van der Waals surface area contributed by atoms with Crippen molar-refractivity contribution in [3.05, 3.63) is 59.0 Å². The zero-order valence-corrected chi connectivity index (χ0v) is 19.6. The highest BCUT2D eigenvalue weighted by molar-refractivity contribution is 7.03. The van der Waals surface area contributed by atoms with Crippen molar-refractivity contribution in [3.8, 4) is 28.5 Å². The van der Waals surface area contributed by atoms with Crippen molar-refractivity contribution in [3.63, 3.8) is 0 Å². The lowest BCUT2D eigenvalue weighted by atomic mass is 10.1. The lowest BCUT2D eigenvalue weighted by Gasteiger charge is -2.11. The zero-order valence-electron chi connectivity index (χ0n) is 18.8. The van der Waals surface area contributed by atoms with E-state index < -0.39 is 0 Å². The van der Waals surface area contributed by atoms with Gasteiger partial charge in [0.1, 0.15) is 5.75 Å². The SMILES string of the molecule is CCCCc1ccc(-c2ccsn2)cc1.CO.COc1cc(C)c(OC)c(OC)c1. The third-order valence-corrected chi connectivity index (χ3v) is 4.94. The van der Waals surface area contributed by atoms with Gasteiger partial charge in [-0.05, 0) is 54.6 Å². The van der Waals surface area contributed by atoms with Crippen molar-refractivity contribution in [2.75, 3.05) is 28.4 Å². The number of aliphatic hydroxyl groups excluding tert-OH is 1. The van der Waals surface area contributed by atoms with Crippen LogP contribution in [0.3, 0.4) is 0 Å². The number of nitrogens with zero attached hydrogens (tertiary/aromatic N) is 1. The minimum atomic E-state index is 0.694. The van der Waals surface area contributed by atoms with Crippen LogP contribution in [0.1, 0.15) is 30.9 Å². The molecule has 1 N–H and O–H groups in total. The number of ether oxygens (including phenoxy) is 3. The summed E-state index contributed by atoms with van der Waals surface area (Å²) in [4.78, 5) is 0. The van der Waals surface area contributed by atoms with Gasteiger partial charge in [0.25, 0.3) is 0 Å². The number of methoxy groups -OCH3 is 3. The van der Waals surface area contributed by atoms with Crippen LogP contribution in [0.25, 0.3) is 11.3 Å². The highest BCUT2D eigenvalue weighted by Crippen LogP contribution is 2.34. The van der Waals surface area contributed by atoms with Crippen LogP contribution in [0.4, 0.5) is 0 Å². The fourth-order valence-electron chi connectivity index (χ4n) is 2.83. The molecule has 30 heavy (non-hydrogen) atoms. The van der Waals surface area contributed by atoms with Gasteiger partial charge in [-0.15, -0.1) is 0 Å². The first-order chi connectivity index (χ1) is 14.6. The van der Waals surface area contributed by atoms with E-state index in [1.54, 1.807) is 27.4 Å². The fraction of sp³-hybridized carbons (Fsp3) is 0.375. The summed E-state index contributed by atoms with van der Waals surface area (Å²) in [6.07, 6.45) is 3.72. The predicted molar refractivity (Wildman–Crippen MR) is 125 cm³/mol. The molecule has 0 atom stereocenters. The van der Waals surface area contributed by atoms with Crippen LogP contribution in [0.15, 0.2) is 47.8 Å². The Balaban J connectivity index is 0.000000280. The molecular formula is C24H33NO4S. The summed E-state index contributed by atoms with van der Waals surface area (Å²) in [5.74, 6) is 2.22. The lowest BCUT2D eigenvalue weighted by Crippen LogP contribution is -1.94. The van der Waals surface area contributed by atoms with Crippen LogP contribution < -0.4 is 14.2 Å². The fourth-order valence-corrected chi connectivity index (χ4v) is 3.36. The number of aromatic nitrogens is 1. The third kappa shape index (κ3) is 7.69. The van der Waals surface area contributed by atoms with Crippen LogP contribution in [0.5, 0.6) is 17.2 Å². The van der Waals surface area contributed by atoms with E-state index in [9.17, 15) is 0 Å². The molecular weight excluding hydrogens is 398 g/mol. The number of benzene rings is 2. The first kappa shape index (κ1) is 25.5. The van der Waals surface area contributed by atoms with E-state index in [0.29, 0.717) is 5.75 Å². The second-order valence-corrected chi connectivity index (χ2v) is 7.03. The van der Waals surface area contributed by atoms with E-state index in [0.717, 1.165) is 29.9 Å². The Hall–Kier alpha value is -2.57. The Morgan fingerprint density at radius 1 is 0.933 bits per heavy atom. The van der Waals surface area contributed by atoms with Crippen LogP contribution >= 0.6 is 11.5 Å². The van der Waals surface area contributed by atoms with E-state index in [4.69, 9.17) is 19.3 Å². The molecule has 0 aliphatic rings. The standard InChI is InChI=1S/C13H15NS.C10H14O3.CH4O/c1-2-3-4-11-5-7-12(8-6-11)13-9-10-15-14-13;1-7-5-8(11-2)6-9(12-3)10(7)13-4;1-2/h5-10H,2-4H2,1H3;5-6H,1-4H3;2H,1H3. The van der Waals surface area contributed by atoms with Crippen LogP contribution in [0.2, 0.25) is 0 Å². The Labute approximate surface area is 184 Å². The predicted octanol–water partition coefficient (Wildman–Crippen LogP) is 5.78. The minimum absolute atomic E-state index is 0.694. The molecule has 0 fully saturated rings. The summed E-state index contributed by atoms with van der Waals surface area (Å²) < 4.78 is 19.8. The molecule has 0 amide bonds. The van der Waals surface area contributed by atoms with Crippen molar-refractivity contribution in [2.45, 2.75) is 33.1 Å². The molecule has 6 heteroatoms. The smallest absolute Gasteiger partial charge is 0.164 e.